The molecule has 0 heterocycles. The second-order valence-corrected chi connectivity index (χ2v) is 4.77. The molecule has 0 saturated heterocycles. The second-order valence-electron chi connectivity index (χ2n) is 4.77. The number of rotatable bonds is 6. The molecule has 1 unspecified atom stereocenters. The van der Waals surface area contributed by atoms with Gasteiger partial charge in [0.05, 0.1) is 14.2 Å². The van der Waals surface area contributed by atoms with Gasteiger partial charge in [0.25, 0.3) is 0 Å². The van der Waals surface area contributed by atoms with Crippen LogP contribution >= 0.6 is 0 Å². The monoisotopic (exact) mass is 268 g/mol. The van der Waals surface area contributed by atoms with E-state index >= 15 is 0 Å². The molecule has 0 spiro atoms. The van der Waals surface area contributed by atoms with Crippen molar-refractivity contribution in [3.8, 4) is 11.5 Å². The van der Waals surface area contributed by atoms with E-state index in [1.165, 1.54) is 20.3 Å². The Morgan fingerprint density at radius 2 is 1.74 bits per heavy atom. The van der Waals surface area contributed by atoms with E-state index in [1.807, 2.05) is 13.8 Å². The Kier molecular flexibility index (Phi) is 5.33. The van der Waals surface area contributed by atoms with Crippen molar-refractivity contribution in [3.63, 3.8) is 0 Å². The van der Waals surface area contributed by atoms with Crippen LogP contribution in [-0.2, 0) is 4.79 Å². The molecule has 1 aromatic carbocycles. The Bertz CT molecular complexity index is 455. The van der Waals surface area contributed by atoms with Crippen LogP contribution in [0.15, 0.2) is 12.1 Å². The molecule has 0 aliphatic rings. The van der Waals surface area contributed by atoms with Crippen LogP contribution in [0, 0.1) is 11.7 Å². The van der Waals surface area contributed by atoms with Crippen molar-refractivity contribution in [3.05, 3.63) is 23.5 Å². The lowest BCUT2D eigenvalue weighted by Crippen LogP contribution is -2.19. The highest BCUT2D eigenvalue weighted by molar-refractivity contribution is 5.86. The van der Waals surface area contributed by atoms with Crippen molar-refractivity contribution >= 4 is 5.78 Å². The van der Waals surface area contributed by atoms with E-state index in [1.54, 1.807) is 13.0 Å². The summed E-state index contributed by atoms with van der Waals surface area (Å²) in [7, 11) is 2.94. The number of ketones is 1. The second kappa shape index (κ2) is 6.55. The highest BCUT2D eigenvalue weighted by Gasteiger charge is 2.27. The summed E-state index contributed by atoms with van der Waals surface area (Å²) in [6, 6.07) is 2.83. The number of ether oxygens (including phenoxy) is 2. The molecule has 3 nitrogen and oxygen atoms in total. The van der Waals surface area contributed by atoms with Crippen molar-refractivity contribution < 1.29 is 18.7 Å². The van der Waals surface area contributed by atoms with Crippen LogP contribution in [0.1, 0.15) is 38.7 Å². The van der Waals surface area contributed by atoms with Crippen molar-refractivity contribution in [2.45, 2.75) is 33.1 Å². The molecule has 0 saturated carbocycles. The van der Waals surface area contributed by atoms with Gasteiger partial charge in [0.1, 0.15) is 11.6 Å². The summed E-state index contributed by atoms with van der Waals surface area (Å²) >= 11 is 0. The SMILES string of the molecule is CCC(=O)C(c1cc(OC)c(OC)cc1F)C(C)C. The normalized spacial score (nSPS) is 12.4. The molecule has 0 amide bonds. The summed E-state index contributed by atoms with van der Waals surface area (Å²) in [5, 5.41) is 0. The van der Waals surface area contributed by atoms with Crippen molar-refractivity contribution in [2.24, 2.45) is 5.92 Å². The number of hydrogen-bond acceptors (Lipinski definition) is 3. The van der Waals surface area contributed by atoms with Crippen LogP contribution < -0.4 is 9.47 Å². The lowest BCUT2D eigenvalue weighted by atomic mass is 9.83. The highest BCUT2D eigenvalue weighted by atomic mass is 19.1. The Morgan fingerprint density at radius 3 is 2.16 bits per heavy atom. The molecule has 19 heavy (non-hydrogen) atoms. The molecule has 1 atom stereocenters. The highest BCUT2D eigenvalue weighted by Crippen LogP contribution is 2.36. The maximum absolute atomic E-state index is 14.2. The summed E-state index contributed by atoms with van der Waals surface area (Å²) < 4.78 is 24.4. The third-order valence-electron chi connectivity index (χ3n) is 3.20. The lowest BCUT2D eigenvalue weighted by Gasteiger charge is -2.21. The van der Waals surface area contributed by atoms with E-state index in [-0.39, 0.29) is 11.7 Å². The third-order valence-corrected chi connectivity index (χ3v) is 3.20. The minimum absolute atomic E-state index is 0.0278. The van der Waals surface area contributed by atoms with Crippen LogP contribution in [0.3, 0.4) is 0 Å². The Labute approximate surface area is 113 Å². The van der Waals surface area contributed by atoms with Gasteiger partial charge in [-0.2, -0.15) is 0 Å². The van der Waals surface area contributed by atoms with Crippen LogP contribution in [0.4, 0.5) is 4.39 Å². The maximum Gasteiger partial charge on any atom is 0.163 e. The third kappa shape index (κ3) is 3.25. The fraction of sp³-hybridized carbons (Fsp3) is 0.533. The number of carbonyl (C=O) groups excluding carboxylic acids is 1. The fourth-order valence-corrected chi connectivity index (χ4v) is 2.23. The van der Waals surface area contributed by atoms with E-state index < -0.39 is 11.7 Å². The number of Topliss-reactive ketones (excluding diaryl/α,β-unsaturated/α-hetero) is 1. The first-order chi connectivity index (χ1) is 8.96. The fourth-order valence-electron chi connectivity index (χ4n) is 2.23. The van der Waals surface area contributed by atoms with E-state index in [4.69, 9.17) is 9.47 Å². The Morgan fingerprint density at radius 1 is 1.21 bits per heavy atom. The quantitative estimate of drug-likeness (QED) is 0.791. The molecular weight excluding hydrogens is 247 g/mol. The predicted octanol–water partition coefficient (Wildman–Crippen LogP) is 3.56. The van der Waals surface area contributed by atoms with Gasteiger partial charge in [-0.3, -0.25) is 4.79 Å². The topological polar surface area (TPSA) is 35.5 Å². The zero-order chi connectivity index (χ0) is 14.6. The molecule has 0 aliphatic heterocycles. The summed E-state index contributed by atoms with van der Waals surface area (Å²) in [5.74, 6) is -0.0622. The molecule has 0 radical (unpaired) electrons. The molecule has 0 fully saturated rings. The molecule has 1 aromatic rings. The van der Waals surface area contributed by atoms with Gasteiger partial charge in [0.15, 0.2) is 11.5 Å². The van der Waals surface area contributed by atoms with Gasteiger partial charge in [-0.25, -0.2) is 4.39 Å². The number of hydrogen-bond donors (Lipinski definition) is 0. The molecule has 106 valence electrons. The number of methoxy groups -OCH3 is 2. The minimum atomic E-state index is -0.454. The van der Waals surface area contributed by atoms with E-state index in [2.05, 4.69) is 0 Å². The molecule has 4 heteroatoms. The predicted molar refractivity (Wildman–Crippen MR) is 72.4 cm³/mol. The summed E-state index contributed by atoms with van der Waals surface area (Å²) in [4.78, 5) is 12.0. The van der Waals surface area contributed by atoms with Crippen molar-refractivity contribution in [1.29, 1.82) is 0 Å². The molecule has 1 rings (SSSR count). The number of carbonyl (C=O) groups is 1. The van der Waals surface area contributed by atoms with Gasteiger partial charge < -0.3 is 9.47 Å². The Hall–Kier alpha value is -1.58. The number of benzene rings is 1. The van der Waals surface area contributed by atoms with Crippen LogP contribution in [0.2, 0.25) is 0 Å². The van der Waals surface area contributed by atoms with Gasteiger partial charge in [-0.1, -0.05) is 20.8 Å². The van der Waals surface area contributed by atoms with Crippen LogP contribution in [0.25, 0.3) is 0 Å². The van der Waals surface area contributed by atoms with Crippen LogP contribution in [0.5, 0.6) is 11.5 Å². The average Bonchev–Trinajstić information content (AvgIpc) is 2.39. The van der Waals surface area contributed by atoms with Crippen molar-refractivity contribution in [2.75, 3.05) is 14.2 Å². The molecule has 0 aromatic heterocycles. The van der Waals surface area contributed by atoms with E-state index in [0.29, 0.717) is 23.5 Å². The van der Waals surface area contributed by atoms with Crippen LogP contribution in [-0.4, -0.2) is 20.0 Å². The van der Waals surface area contributed by atoms with Gasteiger partial charge in [-0.15, -0.1) is 0 Å². The zero-order valence-corrected chi connectivity index (χ0v) is 12.1. The molecule has 0 aliphatic carbocycles. The van der Waals surface area contributed by atoms with Gasteiger partial charge in [0.2, 0.25) is 0 Å². The summed E-state index contributed by atoms with van der Waals surface area (Å²) in [6.45, 7) is 5.61. The first-order valence-electron chi connectivity index (χ1n) is 6.40. The largest absolute Gasteiger partial charge is 0.493 e. The average molecular weight is 268 g/mol. The molecule has 0 N–H and O–H groups in total. The Balaban J connectivity index is 3.34. The summed E-state index contributed by atoms with van der Waals surface area (Å²) in [6.07, 6.45) is 0.386. The first-order valence-corrected chi connectivity index (χ1v) is 6.40. The zero-order valence-electron chi connectivity index (χ0n) is 12.1. The smallest absolute Gasteiger partial charge is 0.163 e. The van der Waals surface area contributed by atoms with E-state index in [9.17, 15) is 9.18 Å². The number of halogens is 1. The van der Waals surface area contributed by atoms with E-state index in [0.717, 1.165) is 0 Å². The maximum atomic E-state index is 14.2. The first kappa shape index (κ1) is 15.5. The van der Waals surface area contributed by atoms with Gasteiger partial charge in [-0.05, 0) is 12.0 Å². The standard InChI is InChI=1S/C15H21FO3/c1-6-12(17)15(9(2)3)10-7-13(18-4)14(19-5)8-11(10)16/h7-9,15H,6H2,1-5H3. The molecular formula is C15H21FO3. The molecule has 0 bridgehead atoms. The minimum Gasteiger partial charge on any atom is -0.493 e. The van der Waals surface area contributed by atoms with Gasteiger partial charge >= 0.3 is 0 Å². The lowest BCUT2D eigenvalue weighted by molar-refractivity contribution is -0.121. The van der Waals surface area contributed by atoms with Crippen molar-refractivity contribution in [1.82, 2.24) is 0 Å². The summed E-state index contributed by atoms with van der Waals surface area (Å²) in [5.41, 5.74) is 0.375. The van der Waals surface area contributed by atoms with Gasteiger partial charge in [0, 0.05) is 24.0 Å².